The third-order valence-corrected chi connectivity index (χ3v) is 3.96. The molecule has 5 nitrogen and oxygen atoms in total. The second-order valence-corrected chi connectivity index (χ2v) is 7.27. The summed E-state index contributed by atoms with van der Waals surface area (Å²) in [5.41, 5.74) is 1.35. The highest BCUT2D eigenvalue weighted by Gasteiger charge is 2.35. The van der Waals surface area contributed by atoms with E-state index < -0.39 is 23.7 Å². The van der Waals surface area contributed by atoms with Crippen LogP contribution in [0.5, 0.6) is 0 Å². The third-order valence-electron chi connectivity index (χ3n) is 3.96. The van der Waals surface area contributed by atoms with E-state index in [1.165, 1.54) is 12.0 Å². The lowest BCUT2D eigenvalue weighted by Gasteiger charge is -2.32. The van der Waals surface area contributed by atoms with Crippen molar-refractivity contribution in [3.63, 3.8) is 0 Å². The summed E-state index contributed by atoms with van der Waals surface area (Å²) in [7, 11) is 1.30. The number of esters is 1. The number of rotatable bonds is 5. The maximum absolute atomic E-state index is 13.0. The van der Waals surface area contributed by atoms with Crippen molar-refractivity contribution < 1.29 is 19.1 Å². The molecule has 0 aliphatic rings. The van der Waals surface area contributed by atoms with Crippen LogP contribution in [0.25, 0.3) is 0 Å². The van der Waals surface area contributed by atoms with Crippen molar-refractivity contribution in [3.05, 3.63) is 65.7 Å². The zero-order valence-electron chi connectivity index (χ0n) is 16.6. The molecule has 0 fully saturated rings. The number of nitrogens with zero attached hydrogens (tertiary/aromatic N) is 1. The molecule has 0 aromatic heterocycles. The van der Waals surface area contributed by atoms with Gasteiger partial charge in [0, 0.05) is 17.7 Å². The van der Waals surface area contributed by atoms with E-state index in [1.54, 1.807) is 45.0 Å². The van der Waals surface area contributed by atoms with Gasteiger partial charge in [0.15, 0.2) is 0 Å². The fourth-order valence-electron chi connectivity index (χ4n) is 2.70. The molecule has 0 saturated carbocycles. The predicted octanol–water partition coefficient (Wildman–Crippen LogP) is 4.19. The van der Waals surface area contributed by atoms with Gasteiger partial charge in [-0.3, -0.25) is 4.90 Å². The van der Waals surface area contributed by atoms with Gasteiger partial charge in [-0.15, -0.1) is 6.42 Å². The molecule has 0 aliphatic carbocycles. The molecule has 2 aromatic carbocycles. The minimum absolute atomic E-state index is 0.281. The van der Waals surface area contributed by atoms with Gasteiger partial charge in [-0.1, -0.05) is 36.3 Å². The first kappa shape index (κ1) is 21.0. The Hall–Kier alpha value is -3.26. The SMILES string of the molecule is C#Cc1ccc(N(C(=O)OC(C)(C)C)[C@@H](Cc2ccccc2)C(=O)OC)cc1. The molecule has 0 spiro atoms. The second kappa shape index (κ2) is 9.09. The molecule has 28 heavy (non-hydrogen) atoms. The van der Waals surface area contributed by atoms with E-state index >= 15 is 0 Å². The first-order chi connectivity index (χ1) is 13.2. The van der Waals surface area contributed by atoms with Crippen LogP contribution in [-0.2, 0) is 20.7 Å². The Morgan fingerprint density at radius 2 is 1.68 bits per heavy atom. The van der Waals surface area contributed by atoms with Crippen molar-refractivity contribution in [1.29, 1.82) is 0 Å². The van der Waals surface area contributed by atoms with E-state index in [2.05, 4.69) is 5.92 Å². The zero-order chi connectivity index (χ0) is 20.7. The molecule has 2 rings (SSSR count). The molecule has 0 radical (unpaired) electrons. The lowest BCUT2D eigenvalue weighted by atomic mass is 10.0. The fraction of sp³-hybridized carbons (Fsp3) is 0.304. The molecule has 0 bridgehead atoms. The van der Waals surface area contributed by atoms with Gasteiger partial charge in [-0.25, -0.2) is 9.59 Å². The summed E-state index contributed by atoms with van der Waals surface area (Å²) < 4.78 is 10.6. The van der Waals surface area contributed by atoms with Gasteiger partial charge < -0.3 is 9.47 Å². The fourth-order valence-corrected chi connectivity index (χ4v) is 2.70. The van der Waals surface area contributed by atoms with Crippen LogP contribution in [0, 0.1) is 12.3 Å². The molecular weight excluding hydrogens is 354 g/mol. The highest BCUT2D eigenvalue weighted by atomic mass is 16.6. The second-order valence-electron chi connectivity index (χ2n) is 7.27. The summed E-state index contributed by atoms with van der Waals surface area (Å²) in [4.78, 5) is 27.0. The summed E-state index contributed by atoms with van der Waals surface area (Å²) >= 11 is 0. The number of hydrogen-bond donors (Lipinski definition) is 0. The minimum atomic E-state index is -0.890. The normalized spacial score (nSPS) is 11.8. The van der Waals surface area contributed by atoms with Crippen LogP contribution in [-0.4, -0.2) is 30.8 Å². The number of amides is 1. The number of methoxy groups -OCH3 is 1. The quantitative estimate of drug-likeness (QED) is 0.577. The lowest BCUT2D eigenvalue weighted by molar-refractivity contribution is -0.142. The highest BCUT2D eigenvalue weighted by Crippen LogP contribution is 2.24. The highest BCUT2D eigenvalue weighted by molar-refractivity contribution is 5.96. The third kappa shape index (κ3) is 5.62. The number of carbonyl (C=O) groups is 2. The number of hydrogen-bond acceptors (Lipinski definition) is 4. The van der Waals surface area contributed by atoms with E-state index in [0.29, 0.717) is 11.3 Å². The Balaban J connectivity index is 2.49. The van der Waals surface area contributed by atoms with E-state index in [1.807, 2.05) is 30.3 Å². The molecule has 0 heterocycles. The van der Waals surface area contributed by atoms with E-state index in [0.717, 1.165) is 5.56 Å². The van der Waals surface area contributed by atoms with Gasteiger partial charge in [0.25, 0.3) is 0 Å². The summed E-state index contributed by atoms with van der Waals surface area (Å²) in [5, 5.41) is 0. The van der Waals surface area contributed by atoms with Crippen molar-refractivity contribution in [2.45, 2.75) is 38.8 Å². The van der Waals surface area contributed by atoms with Crippen LogP contribution >= 0.6 is 0 Å². The van der Waals surface area contributed by atoms with Crippen LogP contribution in [0.2, 0.25) is 0 Å². The number of carbonyl (C=O) groups excluding carboxylic acids is 2. The predicted molar refractivity (Wildman–Crippen MR) is 109 cm³/mol. The molecule has 0 aliphatic heterocycles. The Labute approximate surface area is 166 Å². The summed E-state index contributed by atoms with van der Waals surface area (Å²) in [6, 6.07) is 15.4. The standard InChI is InChI=1S/C23H25NO4/c1-6-17-12-14-19(15-13-17)24(22(26)28-23(2,3)4)20(21(25)27-5)16-18-10-8-7-9-11-18/h1,7-15,20H,16H2,2-5H3/t20-/m0/s1. The first-order valence-electron chi connectivity index (χ1n) is 8.96. The topological polar surface area (TPSA) is 55.8 Å². The van der Waals surface area contributed by atoms with Crippen LogP contribution in [0.3, 0.4) is 0 Å². The zero-order valence-corrected chi connectivity index (χ0v) is 16.6. The van der Waals surface area contributed by atoms with Gasteiger partial charge >= 0.3 is 12.1 Å². The number of anilines is 1. The molecule has 5 heteroatoms. The molecule has 1 atom stereocenters. The van der Waals surface area contributed by atoms with Crippen molar-refractivity contribution in [1.82, 2.24) is 0 Å². The molecule has 1 amide bonds. The molecule has 2 aromatic rings. The van der Waals surface area contributed by atoms with E-state index in [-0.39, 0.29) is 6.42 Å². The molecule has 0 N–H and O–H groups in total. The summed E-state index contributed by atoms with van der Waals surface area (Å²) in [6.07, 6.45) is 5.07. The summed E-state index contributed by atoms with van der Waals surface area (Å²) in [6.45, 7) is 5.32. The first-order valence-corrected chi connectivity index (χ1v) is 8.96. The van der Waals surface area contributed by atoms with Crippen LogP contribution in [0.4, 0.5) is 10.5 Å². The van der Waals surface area contributed by atoms with Gasteiger partial charge in [0.05, 0.1) is 7.11 Å². The molecule has 0 unspecified atom stereocenters. The Morgan fingerprint density at radius 3 is 2.18 bits per heavy atom. The molecule has 0 saturated heterocycles. The van der Waals surface area contributed by atoms with Gasteiger partial charge in [-0.2, -0.15) is 0 Å². The average Bonchev–Trinajstić information content (AvgIpc) is 2.66. The number of terminal acetylenes is 1. The summed E-state index contributed by atoms with van der Waals surface area (Å²) in [5.74, 6) is 2.01. The van der Waals surface area contributed by atoms with Crippen LogP contribution in [0.1, 0.15) is 31.9 Å². The Morgan fingerprint density at radius 1 is 1.07 bits per heavy atom. The van der Waals surface area contributed by atoms with Crippen molar-refractivity contribution >= 4 is 17.7 Å². The smallest absolute Gasteiger partial charge is 0.415 e. The largest absolute Gasteiger partial charge is 0.467 e. The maximum Gasteiger partial charge on any atom is 0.415 e. The van der Waals surface area contributed by atoms with Gasteiger partial charge in [0.2, 0.25) is 0 Å². The van der Waals surface area contributed by atoms with Crippen molar-refractivity contribution in [2.24, 2.45) is 0 Å². The molecular formula is C23H25NO4. The van der Waals surface area contributed by atoms with Gasteiger partial charge in [0.1, 0.15) is 11.6 Å². The molecule has 146 valence electrons. The lowest BCUT2D eigenvalue weighted by Crippen LogP contribution is -2.49. The van der Waals surface area contributed by atoms with Crippen LogP contribution < -0.4 is 4.90 Å². The van der Waals surface area contributed by atoms with Crippen LogP contribution in [0.15, 0.2) is 54.6 Å². The number of benzene rings is 2. The Bertz CT molecular complexity index is 845. The van der Waals surface area contributed by atoms with E-state index in [9.17, 15) is 9.59 Å². The van der Waals surface area contributed by atoms with E-state index in [4.69, 9.17) is 15.9 Å². The minimum Gasteiger partial charge on any atom is -0.467 e. The number of ether oxygens (including phenoxy) is 2. The average molecular weight is 379 g/mol. The van der Waals surface area contributed by atoms with Crippen molar-refractivity contribution in [3.8, 4) is 12.3 Å². The Kier molecular flexibility index (Phi) is 6.84. The monoisotopic (exact) mass is 379 g/mol. The van der Waals surface area contributed by atoms with Gasteiger partial charge in [-0.05, 0) is 50.6 Å². The maximum atomic E-state index is 13.0. The van der Waals surface area contributed by atoms with Crippen molar-refractivity contribution in [2.75, 3.05) is 12.0 Å².